The van der Waals surface area contributed by atoms with Crippen molar-refractivity contribution < 1.29 is 4.74 Å². The molecule has 2 aliphatic rings. The van der Waals surface area contributed by atoms with Gasteiger partial charge in [-0.25, -0.2) is 4.99 Å². The third-order valence-corrected chi connectivity index (χ3v) is 5.39. The van der Waals surface area contributed by atoms with E-state index in [-0.39, 0.29) is 0 Å². The summed E-state index contributed by atoms with van der Waals surface area (Å²) in [4.78, 5) is 9.84. The molecule has 1 aromatic rings. The number of aromatic nitrogens is 3. The molecule has 3 heterocycles. The molecule has 0 aromatic carbocycles. The lowest BCUT2D eigenvalue weighted by Gasteiger charge is -2.32. The number of likely N-dealkylation sites (tertiary alicyclic amines) is 1. The highest BCUT2D eigenvalue weighted by atomic mass is 16.5. The molecule has 1 unspecified atom stereocenters. The SMILES string of the molecule is CCCCNC(=NCc1nnc(C)n1C)N1CCC(N2CCOCC2)C1. The summed E-state index contributed by atoms with van der Waals surface area (Å²) < 4.78 is 7.50. The molecule has 0 spiro atoms. The Morgan fingerprint density at radius 2 is 2.08 bits per heavy atom. The fraction of sp³-hybridized carbons (Fsp3) is 0.833. The molecule has 2 aliphatic heterocycles. The molecule has 2 fully saturated rings. The zero-order valence-electron chi connectivity index (χ0n) is 16.4. The van der Waals surface area contributed by atoms with Gasteiger partial charge in [0, 0.05) is 45.8 Å². The second kappa shape index (κ2) is 9.32. The normalized spacial score (nSPS) is 22.2. The van der Waals surface area contributed by atoms with Crippen LogP contribution in [-0.2, 0) is 18.3 Å². The van der Waals surface area contributed by atoms with E-state index in [0.29, 0.717) is 12.6 Å². The molecule has 3 rings (SSSR count). The van der Waals surface area contributed by atoms with Crippen LogP contribution < -0.4 is 5.32 Å². The van der Waals surface area contributed by atoms with Crippen LogP contribution in [0.25, 0.3) is 0 Å². The number of nitrogens with zero attached hydrogens (tertiary/aromatic N) is 6. The second-order valence-electron chi connectivity index (χ2n) is 7.18. The molecule has 8 heteroatoms. The molecule has 0 radical (unpaired) electrons. The molecule has 146 valence electrons. The van der Waals surface area contributed by atoms with E-state index in [0.717, 1.165) is 70.0 Å². The van der Waals surface area contributed by atoms with E-state index in [1.165, 1.54) is 12.8 Å². The van der Waals surface area contributed by atoms with E-state index in [1.54, 1.807) is 0 Å². The Morgan fingerprint density at radius 3 is 2.77 bits per heavy atom. The lowest BCUT2D eigenvalue weighted by Crippen LogP contribution is -2.46. The molecular weight excluding hydrogens is 330 g/mol. The van der Waals surface area contributed by atoms with E-state index < -0.39 is 0 Å². The summed E-state index contributed by atoms with van der Waals surface area (Å²) >= 11 is 0. The van der Waals surface area contributed by atoms with Crippen molar-refractivity contribution in [3.05, 3.63) is 11.6 Å². The summed E-state index contributed by atoms with van der Waals surface area (Å²) in [7, 11) is 1.99. The molecule has 1 aromatic heterocycles. The highest BCUT2D eigenvalue weighted by Gasteiger charge is 2.30. The minimum absolute atomic E-state index is 0.560. The Balaban J connectivity index is 1.63. The average Bonchev–Trinajstić information content (AvgIpc) is 3.27. The van der Waals surface area contributed by atoms with Crippen molar-refractivity contribution in [3.8, 4) is 0 Å². The van der Waals surface area contributed by atoms with Crippen molar-refractivity contribution in [1.82, 2.24) is 29.9 Å². The highest BCUT2D eigenvalue weighted by molar-refractivity contribution is 5.80. The maximum Gasteiger partial charge on any atom is 0.194 e. The van der Waals surface area contributed by atoms with Gasteiger partial charge >= 0.3 is 0 Å². The second-order valence-corrected chi connectivity index (χ2v) is 7.18. The fourth-order valence-electron chi connectivity index (χ4n) is 3.55. The predicted octanol–water partition coefficient (Wildman–Crippen LogP) is 0.776. The standard InChI is InChI=1S/C18H33N7O/c1-4-5-7-19-18(20-13-17-22-21-15(2)23(17)3)25-8-6-16(14-25)24-9-11-26-12-10-24/h16H,4-14H2,1-3H3,(H,19,20). The largest absolute Gasteiger partial charge is 0.379 e. The highest BCUT2D eigenvalue weighted by Crippen LogP contribution is 2.17. The monoisotopic (exact) mass is 363 g/mol. The lowest BCUT2D eigenvalue weighted by molar-refractivity contribution is 0.0195. The number of aryl methyl sites for hydroxylation is 1. The first-order chi connectivity index (χ1) is 12.7. The minimum Gasteiger partial charge on any atom is -0.379 e. The maximum absolute atomic E-state index is 5.49. The van der Waals surface area contributed by atoms with Crippen molar-refractivity contribution in [2.75, 3.05) is 45.9 Å². The molecule has 2 saturated heterocycles. The Kier molecular flexibility index (Phi) is 6.85. The molecule has 1 N–H and O–H groups in total. The summed E-state index contributed by atoms with van der Waals surface area (Å²) in [6, 6.07) is 0.606. The summed E-state index contributed by atoms with van der Waals surface area (Å²) in [6.45, 7) is 11.6. The van der Waals surface area contributed by atoms with E-state index in [1.807, 2.05) is 18.5 Å². The zero-order chi connectivity index (χ0) is 18.4. The van der Waals surface area contributed by atoms with Gasteiger partial charge in [-0.2, -0.15) is 0 Å². The van der Waals surface area contributed by atoms with Gasteiger partial charge in [-0.1, -0.05) is 13.3 Å². The van der Waals surface area contributed by atoms with Gasteiger partial charge in [0.25, 0.3) is 0 Å². The summed E-state index contributed by atoms with van der Waals surface area (Å²) in [5.41, 5.74) is 0. The van der Waals surface area contributed by atoms with Crippen molar-refractivity contribution in [1.29, 1.82) is 0 Å². The number of hydrogen-bond donors (Lipinski definition) is 1. The summed E-state index contributed by atoms with van der Waals surface area (Å²) in [5.74, 6) is 2.83. The van der Waals surface area contributed by atoms with Crippen LogP contribution in [0, 0.1) is 6.92 Å². The van der Waals surface area contributed by atoms with Gasteiger partial charge in [0.15, 0.2) is 11.8 Å². The van der Waals surface area contributed by atoms with Crippen molar-refractivity contribution in [3.63, 3.8) is 0 Å². The van der Waals surface area contributed by atoms with Gasteiger partial charge in [0.1, 0.15) is 12.4 Å². The molecule has 8 nitrogen and oxygen atoms in total. The fourth-order valence-corrected chi connectivity index (χ4v) is 3.55. The van der Waals surface area contributed by atoms with Crippen molar-refractivity contribution in [2.24, 2.45) is 12.0 Å². The molecule has 0 amide bonds. The minimum atomic E-state index is 0.560. The first kappa shape index (κ1) is 19.1. The Labute approximate surface area is 156 Å². The average molecular weight is 364 g/mol. The number of morpholine rings is 1. The van der Waals surface area contributed by atoms with Crippen LogP contribution in [0.5, 0.6) is 0 Å². The number of guanidine groups is 1. The molecule has 0 aliphatic carbocycles. The Hall–Kier alpha value is -1.67. The van der Waals surface area contributed by atoms with Gasteiger partial charge in [-0.05, 0) is 19.8 Å². The smallest absolute Gasteiger partial charge is 0.194 e. The number of rotatable bonds is 6. The predicted molar refractivity (Wildman–Crippen MR) is 102 cm³/mol. The molecule has 26 heavy (non-hydrogen) atoms. The molecule has 0 saturated carbocycles. The first-order valence-corrected chi connectivity index (χ1v) is 9.89. The number of hydrogen-bond acceptors (Lipinski definition) is 5. The molecule has 0 bridgehead atoms. The quantitative estimate of drug-likeness (QED) is 0.457. The van der Waals surface area contributed by atoms with Crippen LogP contribution in [0.4, 0.5) is 0 Å². The van der Waals surface area contributed by atoms with E-state index >= 15 is 0 Å². The van der Waals surface area contributed by atoms with Gasteiger partial charge in [-0.3, -0.25) is 4.90 Å². The number of aliphatic imine (C=N–C) groups is 1. The van der Waals surface area contributed by atoms with Crippen LogP contribution in [0.2, 0.25) is 0 Å². The lowest BCUT2D eigenvalue weighted by atomic mass is 10.2. The van der Waals surface area contributed by atoms with Gasteiger partial charge in [0.05, 0.1) is 13.2 Å². The van der Waals surface area contributed by atoms with Crippen molar-refractivity contribution >= 4 is 5.96 Å². The Bertz CT molecular complexity index is 594. The number of ether oxygens (including phenoxy) is 1. The molecular formula is C18H33N7O. The van der Waals surface area contributed by atoms with Gasteiger partial charge < -0.3 is 19.5 Å². The summed E-state index contributed by atoms with van der Waals surface area (Å²) in [6.07, 6.45) is 3.53. The van der Waals surface area contributed by atoms with Crippen LogP contribution in [0.15, 0.2) is 4.99 Å². The van der Waals surface area contributed by atoms with Gasteiger partial charge in [-0.15, -0.1) is 10.2 Å². The van der Waals surface area contributed by atoms with Crippen LogP contribution >= 0.6 is 0 Å². The number of nitrogens with one attached hydrogen (secondary N) is 1. The van der Waals surface area contributed by atoms with Crippen LogP contribution in [0.1, 0.15) is 37.8 Å². The summed E-state index contributed by atoms with van der Waals surface area (Å²) in [5, 5.41) is 11.9. The van der Waals surface area contributed by atoms with Crippen LogP contribution in [-0.4, -0.2) is 82.5 Å². The third kappa shape index (κ3) is 4.73. The van der Waals surface area contributed by atoms with Crippen LogP contribution in [0.3, 0.4) is 0 Å². The van der Waals surface area contributed by atoms with E-state index in [2.05, 4.69) is 32.2 Å². The topological polar surface area (TPSA) is 70.8 Å². The zero-order valence-corrected chi connectivity index (χ0v) is 16.4. The Morgan fingerprint density at radius 1 is 1.27 bits per heavy atom. The van der Waals surface area contributed by atoms with Crippen molar-refractivity contribution in [2.45, 2.75) is 45.7 Å². The van der Waals surface area contributed by atoms with Gasteiger partial charge in [0.2, 0.25) is 0 Å². The first-order valence-electron chi connectivity index (χ1n) is 9.89. The molecule has 1 atom stereocenters. The van der Waals surface area contributed by atoms with E-state index in [9.17, 15) is 0 Å². The third-order valence-electron chi connectivity index (χ3n) is 5.39. The number of unbranched alkanes of at least 4 members (excludes halogenated alkanes) is 1. The van der Waals surface area contributed by atoms with E-state index in [4.69, 9.17) is 9.73 Å². The maximum atomic E-state index is 5.49.